The van der Waals surface area contributed by atoms with Gasteiger partial charge in [-0.15, -0.1) is 46.4 Å². The summed E-state index contributed by atoms with van der Waals surface area (Å²) in [4.78, 5) is 20.8. The first kappa shape index (κ1) is 57.7. The lowest BCUT2D eigenvalue weighted by Gasteiger charge is -2.20. The summed E-state index contributed by atoms with van der Waals surface area (Å²) in [6.45, 7) is 0. The lowest BCUT2D eigenvalue weighted by molar-refractivity contribution is -0.122. The van der Waals surface area contributed by atoms with Crippen molar-refractivity contribution < 1.29 is 92.6 Å². The van der Waals surface area contributed by atoms with E-state index in [0.29, 0.717) is 54.2 Å². The van der Waals surface area contributed by atoms with E-state index in [9.17, 15) is 22.4 Å². The van der Waals surface area contributed by atoms with Crippen molar-refractivity contribution in [3.8, 4) is 0 Å². The summed E-state index contributed by atoms with van der Waals surface area (Å²) in [5, 5.41) is -1.70. The van der Waals surface area contributed by atoms with E-state index < -0.39 is 211 Å². The molecule has 0 fully saturated rings. The van der Waals surface area contributed by atoms with Gasteiger partial charge in [-0.25, -0.2) is 92.8 Å². The quantitative estimate of drug-likeness (QED) is 0.0813. The molecule has 0 unspecified atom stereocenters. The van der Waals surface area contributed by atoms with Gasteiger partial charge in [-0.05, 0) is 36.4 Å². The van der Waals surface area contributed by atoms with Crippen molar-refractivity contribution in [1.29, 1.82) is 0 Å². The van der Waals surface area contributed by atoms with Crippen molar-refractivity contribution in [2.75, 3.05) is 17.7 Å². The Hall–Kier alpha value is -6.96. The number of aryl methyl sites for hydroxylation is 1. The second-order valence-electron chi connectivity index (χ2n) is 15.5. The standard InChI is InChI=1S/C46H14F20N4O.2CH2Cl2/c1-69-9-10-7-16(69)21(25-32(53)40(61)45(66)41(62)33(25)54)17-8-11(46(71)70(17)2)19(23-28(49)36(57)43(64)37(58)29(23)50)13-4-6-15(68-13)20(24-30(51)38(59)44(65)39(60)31(24)52)14-5-3-12(67-14)18(10)22-26(47)34(55)42(63)35(56)27(22)48;2*2-1-3/h3-9,68H,1-2H3;2*1H2. The van der Waals surface area contributed by atoms with Crippen LogP contribution in [0.5, 0.6) is 0 Å². The number of benzene rings is 4. The highest BCUT2D eigenvalue weighted by atomic mass is 35.5. The van der Waals surface area contributed by atoms with Gasteiger partial charge >= 0.3 is 0 Å². The Labute approximate surface area is 435 Å². The third kappa shape index (κ3) is 9.26. The van der Waals surface area contributed by atoms with Gasteiger partial charge in [-0.3, -0.25) is 4.79 Å². The number of rotatable bonds is 4. The number of likely N-dealkylation sites (N-methyl/N-ethyl adjacent to an activating group) is 1. The van der Waals surface area contributed by atoms with Crippen LogP contribution in [0.4, 0.5) is 87.8 Å². The van der Waals surface area contributed by atoms with E-state index in [1.165, 1.54) is 0 Å². The number of fused-ring (bicyclic) bond motifs is 6. The minimum absolute atomic E-state index is 0.194. The molecule has 2 aromatic heterocycles. The SMILES string of the molecule is CN1C(=O)C2=CC1=C(c1c(F)c(F)c(F)c(F)c1F)c1cc(cn1C)C(c1c(F)c(F)c(F)c(F)c1F)=C1C=CC(=N1)C(c1c(F)c(F)c(F)c(F)c1F)=c1ccc([nH]1)=C2c1c(F)c(F)c(F)c(F)c1F.ClCCl.ClCCl. The molecular formula is C48H18Cl4F20N4O. The summed E-state index contributed by atoms with van der Waals surface area (Å²) in [6, 6.07) is 1.63. The van der Waals surface area contributed by atoms with Crippen LogP contribution in [-0.4, -0.2) is 43.8 Å². The number of aromatic nitrogens is 2. The minimum atomic E-state index is -2.77. The first-order valence-corrected chi connectivity index (χ1v) is 22.5. The van der Waals surface area contributed by atoms with Crippen LogP contribution in [0.15, 0.2) is 64.6 Å². The largest absolute Gasteiger partial charge is 0.354 e. The Bertz CT molecular complexity index is 3760. The number of hydrogen-bond donors (Lipinski definition) is 1. The molecule has 0 radical (unpaired) electrons. The predicted molar refractivity (Wildman–Crippen MR) is 238 cm³/mol. The third-order valence-corrected chi connectivity index (χ3v) is 11.5. The van der Waals surface area contributed by atoms with Gasteiger partial charge < -0.3 is 14.5 Å². The van der Waals surface area contributed by atoms with Gasteiger partial charge in [0.05, 0.1) is 61.3 Å². The number of alkyl halides is 4. The zero-order chi connectivity index (χ0) is 57.3. The molecule has 0 saturated heterocycles. The van der Waals surface area contributed by atoms with Crippen molar-refractivity contribution in [2.45, 2.75) is 0 Å². The molecule has 0 aliphatic carbocycles. The normalized spacial score (nSPS) is 14.2. The predicted octanol–water partition coefficient (Wildman–Crippen LogP) is 13.0. The maximum atomic E-state index is 16.1. The van der Waals surface area contributed by atoms with Crippen LogP contribution >= 0.6 is 46.4 Å². The zero-order valence-electron chi connectivity index (χ0n) is 37.3. The lowest BCUT2D eigenvalue weighted by atomic mass is 9.93. The molecule has 6 aromatic rings. The van der Waals surface area contributed by atoms with Crippen LogP contribution in [0.2, 0.25) is 0 Å². The summed E-state index contributed by atoms with van der Waals surface area (Å²) in [5.74, 6) is -55.2. The molecule has 8 bridgehead atoms. The van der Waals surface area contributed by atoms with Crippen LogP contribution < -0.4 is 10.7 Å². The van der Waals surface area contributed by atoms with Gasteiger partial charge in [-0.1, -0.05) is 0 Å². The second-order valence-corrected chi connectivity index (χ2v) is 17.1. The summed E-state index contributed by atoms with van der Waals surface area (Å²) >= 11 is 19.1. The molecule has 5 heterocycles. The van der Waals surface area contributed by atoms with Crippen molar-refractivity contribution in [3.63, 3.8) is 0 Å². The molecule has 0 atom stereocenters. The fourth-order valence-corrected chi connectivity index (χ4v) is 8.20. The van der Waals surface area contributed by atoms with E-state index in [4.69, 9.17) is 46.4 Å². The maximum absolute atomic E-state index is 16.1. The van der Waals surface area contributed by atoms with Crippen molar-refractivity contribution in [2.24, 2.45) is 12.0 Å². The molecule has 0 saturated carbocycles. The van der Waals surface area contributed by atoms with Crippen LogP contribution in [0, 0.1) is 116 Å². The first-order valence-electron chi connectivity index (χ1n) is 20.3. The molecule has 5 nitrogen and oxygen atoms in total. The van der Waals surface area contributed by atoms with E-state index >= 15 is 70.2 Å². The summed E-state index contributed by atoms with van der Waals surface area (Å²) < 4.78 is 307. The van der Waals surface area contributed by atoms with Gasteiger partial charge in [0.1, 0.15) is 0 Å². The van der Waals surface area contributed by atoms with Crippen molar-refractivity contribution in [3.05, 3.63) is 220 Å². The van der Waals surface area contributed by atoms with E-state index in [1.54, 1.807) is 0 Å². The number of amides is 1. The molecule has 9 rings (SSSR count). The van der Waals surface area contributed by atoms with Gasteiger partial charge in [-0.2, -0.15) is 0 Å². The summed E-state index contributed by atoms with van der Waals surface area (Å²) in [6.07, 6.45) is 2.16. The minimum Gasteiger partial charge on any atom is -0.354 e. The van der Waals surface area contributed by atoms with Gasteiger partial charge in [0.15, 0.2) is 93.1 Å². The lowest BCUT2D eigenvalue weighted by Crippen LogP contribution is -2.26. The number of nitrogens with one attached hydrogen (secondary N) is 1. The van der Waals surface area contributed by atoms with Gasteiger partial charge in [0.2, 0.25) is 23.3 Å². The summed E-state index contributed by atoms with van der Waals surface area (Å²) in [7, 11) is 1.53. The van der Waals surface area contributed by atoms with Gasteiger partial charge in [0, 0.05) is 58.8 Å². The second kappa shape index (κ2) is 21.8. The number of allylic oxidation sites excluding steroid dienone is 3. The van der Waals surface area contributed by atoms with Crippen molar-refractivity contribution in [1.82, 2.24) is 14.5 Å². The monoisotopic (exact) mass is 1190 g/mol. The Balaban J connectivity index is 0.00000137. The Kier molecular flexibility index (Phi) is 16.4. The fraction of sp³-hybridized carbons (Fsp3) is 0.0833. The third-order valence-electron chi connectivity index (χ3n) is 11.5. The van der Waals surface area contributed by atoms with Crippen LogP contribution in [-0.2, 0) is 11.8 Å². The molecule has 77 heavy (non-hydrogen) atoms. The van der Waals surface area contributed by atoms with Crippen LogP contribution in [0.3, 0.4) is 0 Å². The molecule has 3 aliphatic heterocycles. The average Bonchev–Trinajstić information content (AvgIpc) is 4.22. The van der Waals surface area contributed by atoms with E-state index in [2.05, 4.69) is 9.98 Å². The Morgan fingerprint density at radius 1 is 0.455 bits per heavy atom. The van der Waals surface area contributed by atoms with E-state index in [1.807, 2.05) is 0 Å². The summed E-state index contributed by atoms with van der Waals surface area (Å²) in [5.41, 5.74) is -19.5. The molecule has 4 aromatic carbocycles. The zero-order valence-corrected chi connectivity index (χ0v) is 40.3. The number of carbonyl (C=O) groups is 1. The topological polar surface area (TPSA) is 53.4 Å². The molecule has 0 spiro atoms. The average molecular weight is 1190 g/mol. The number of hydrogen-bond acceptors (Lipinski definition) is 2. The highest BCUT2D eigenvalue weighted by Crippen LogP contribution is 2.45. The van der Waals surface area contributed by atoms with Gasteiger partial charge in [0.25, 0.3) is 5.91 Å². The van der Waals surface area contributed by atoms with E-state index in [-0.39, 0.29) is 15.6 Å². The highest BCUT2D eigenvalue weighted by molar-refractivity contribution is 6.41. The molecule has 3 aliphatic rings. The van der Waals surface area contributed by atoms with Crippen molar-refractivity contribution >= 4 is 80.3 Å². The number of aromatic amines is 1. The Morgan fingerprint density at radius 2 is 0.779 bits per heavy atom. The molecule has 1 N–H and O–H groups in total. The van der Waals surface area contributed by atoms with E-state index in [0.717, 1.165) is 7.05 Å². The number of H-pyrrole nitrogens is 1. The molecular weight excluding hydrogens is 1170 g/mol. The first-order chi connectivity index (χ1) is 36.2. The highest BCUT2D eigenvalue weighted by Gasteiger charge is 2.41. The smallest absolute Gasteiger partial charge is 0.258 e. The number of nitrogens with zero attached hydrogens (tertiary/aromatic N) is 3. The maximum Gasteiger partial charge on any atom is 0.258 e. The Morgan fingerprint density at radius 3 is 1.17 bits per heavy atom. The molecule has 29 heteroatoms. The number of carbonyl (C=O) groups excluding carboxylic acids is 1. The van der Waals surface area contributed by atoms with Crippen LogP contribution in [0.1, 0.15) is 33.5 Å². The van der Waals surface area contributed by atoms with Crippen LogP contribution in [0.25, 0.3) is 22.3 Å². The number of halogens is 24. The molecule has 1 amide bonds. The number of aliphatic imine (C=N–C) groups is 1. The fourth-order valence-electron chi connectivity index (χ4n) is 8.20. The molecule has 404 valence electrons.